The maximum Gasteiger partial charge on any atom is 0.305 e. The minimum atomic E-state index is -1.03. The number of Topliss-reactive ketones (excluding diaryl/α,β-unsaturated/α-hetero) is 1. The van der Waals surface area contributed by atoms with Gasteiger partial charge in [-0.25, -0.2) is 0 Å². The van der Waals surface area contributed by atoms with Crippen LogP contribution in [0.2, 0.25) is 0 Å². The summed E-state index contributed by atoms with van der Waals surface area (Å²) in [6.45, 7) is 4.56. The number of hydrogen-bond acceptors (Lipinski definition) is 5. The summed E-state index contributed by atoms with van der Waals surface area (Å²) in [7, 11) is 0. The highest BCUT2D eigenvalue weighted by molar-refractivity contribution is 5.98. The molecule has 0 radical (unpaired) electrons. The Kier molecular flexibility index (Phi) is 17.5. The summed E-state index contributed by atoms with van der Waals surface area (Å²) < 4.78 is 0. The lowest BCUT2D eigenvalue weighted by molar-refractivity contribution is -0.139. The van der Waals surface area contributed by atoms with Crippen LogP contribution in [-0.2, 0) is 14.4 Å². The van der Waals surface area contributed by atoms with Crippen LogP contribution in [-0.4, -0.2) is 45.6 Å². The lowest BCUT2D eigenvalue weighted by Gasteiger charge is -2.17. The van der Waals surface area contributed by atoms with Crippen LogP contribution >= 0.6 is 0 Å². The number of fused-ring (bicyclic) bond motifs is 1. The number of carbonyl (C=O) groups excluding carboxylic acids is 2. The highest BCUT2D eigenvalue weighted by Gasteiger charge is 2.21. The Hall–Kier alpha value is -2.94. The molecule has 2 rings (SSSR count). The lowest BCUT2D eigenvalue weighted by atomic mass is 10.0. The Bertz CT molecular complexity index is 1120. The van der Waals surface area contributed by atoms with Gasteiger partial charge >= 0.3 is 5.97 Å². The molecule has 1 aromatic heterocycles. The second-order valence-electron chi connectivity index (χ2n) is 12.0. The summed E-state index contributed by atoms with van der Waals surface area (Å²) in [4.78, 5) is 47.3. The minimum Gasteiger partial charge on any atom is -0.481 e. The fourth-order valence-corrected chi connectivity index (χ4v) is 5.24. The lowest BCUT2D eigenvalue weighted by Crippen LogP contribution is -2.42. The number of carboxylic acids is 1. The van der Waals surface area contributed by atoms with Gasteiger partial charge in [-0.15, -0.1) is 0 Å². The molecule has 42 heavy (non-hydrogen) atoms. The molecule has 1 heterocycles. The number of carboxylic acid groups (broad SMARTS) is 1. The fourth-order valence-electron chi connectivity index (χ4n) is 5.24. The number of hydrogen-bond donors (Lipinski definition) is 5. The molecular formula is C33H54N4O5. The number of H-pyrrole nitrogens is 2. The number of aliphatic carboxylic acids is 1. The smallest absolute Gasteiger partial charge is 0.305 e. The largest absolute Gasteiger partial charge is 0.481 e. The number of aromatic nitrogens is 2. The molecule has 236 valence electrons. The van der Waals surface area contributed by atoms with Gasteiger partial charge in [-0.3, -0.25) is 29.4 Å². The number of aromatic amines is 2. The summed E-state index contributed by atoms with van der Waals surface area (Å²) in [6.07, 6.45) is 20.1. The van der Waals surface area contributed by atoms with Crippen molar-refractivity contribution in [1.29, 1.82) is 0 Å². The van der Waals surface area contributed by atoms with Crippen LogP contribution in [0.25, 0.3) is 10.9 Å². The number of benzene rings is 1. The molecule has 0 aliphatic heterocycles. The molecule has 9 nitrogen and oxygen atoms in total. The molecule has 1 amide bonds. The van der Waals surface area contributed by atoms with Crippen LogP contribution in [0.1, 0.15) is 129 Å². The molecule has 0 aliphatic carbocycles. The summed E-state index contributed by atoms with van der Waals surface area (Å²) in [5, 5.41) is 20.8. The summed E-state index contributed by atoms with van der Waals surface area (Å²) in [6, 6.07) is 4.07. The van der Waals surface area contributed by atoms with Gasteiger partial charge < -0.3 is 15.7 Å². The van der Waals surface area contributed by atoms with E-state index in [1.807, 2.05) is 13.8 Å². The van der Waals surface area contributed by atoms with Crippen LogP contribution in [0.15, 0.2) is 23.0 Å². The van der Waals surface area contributed by atoms with Crippen molar-refractivity contribution >= 4 is 34.3 Å². The van der Waals surface area contributed by atoms with Crippen molar-refractivity contribution in [2.45, 2.75) is 135 Å². The molecule has 1 unspecified atom stereocenters. The predicted molar refractivity (Wildman–Crippen MR) is 170 cm³/mol. The monoisotopic (exact) mass is 586 g/mol. The van der Waals surface area contributed by atoms with Gasteiger partial charge in [0.05, 0.1) is 23.4 Å². The van der Waals surface area contributed by atoms with Gasteiger partial charge in [0.2, 0.25) is 5.91 Å². The Morgan fingerprint density at radius 2 is 1.29 bits per heavy atom. The quantitative estimate of drug-likeness (QED) is 0.0786. The second kappa shape index (κ2) is 20.9. The summed E-state index contributed by atoms with van der Waals surface area (Å²) in [5.74, 6) is -0.849. The number of rotatable bonds is 25. The molecule has 0 saturated heterocycles. The van der Waals surface area contributed by atoms with E-state index >= 15 is 0 Å². The van der Waals surface area contributed by atoms with E-state index in [1.165, 1.54) is 77.0 Å². The van der Waals surface area contributed by atoms with E-state index in [1.54, 1.807) is 18.2 Å². The number of ketones is 1. The highest BCUT2D eigenvalue weighted by Crippen LogP contribution is 2.16. The zero-order chi connectivity index (χ0) is 30.6. The molecule has 9 heteroatoms. The van der Waals surface area contributed by atoms with Crippen molar-refractivity contribution in [3.63, 3.8) is 0 Å². The Balaban J connectivity index is 1.43. The van der Waals surface area contributed by atoms with Crippen LogP contribution in [0.4, 0.5) is 5.69 Å². The Morgan fingerprint density at radius 1 is 0.762 bits per heavy atom. The predicted octanol–water partition coefficient (Wildman–Crippen LogP) is 7.08. The molecule has 0 bridgehead atoms. The molecule has 0 spiro atoms. The number of amides is 1. The SMILES string of the molecule is CC(C)C(=O)CCCCCCCCCCCCCCCCCCNC(CC(=O)O)C(=O)Nc1ccc2c(=O)[nH][nH]c2c1. The molecule has 1 atom stereocenters. The molecular weight excluding hydrogens is 532 g/mol. The average molecular weight is 587 g/mol. The maximum absolute atomic E-state index is 12.7. The highest BCUT2D eigenvalue weighted by atomic mass is 16.4. The standard InChI is InChI=1S/C33H54N4O5/c1-25(2)30(38)19-17-15-13-11-9-7-5-3-4-6-8-10-12-14-16-18-22-34-29(24-31(39)40)33(42)35-26-20-21-27-28(23-26)36-37-32(27)41/h20-21,23,25,29,34H,3-19,22,24H2,1-2H3,(H,35,42)(H,39,40)(H2,36,37,41). The van der Waals surface area contributed by atoms with E-state index in [4.69, 9.17) is 0 Å². The summed E-state index contributed by atoms with van der Waals surface area (Å²) in [5.41, 5.74) is 0.843. The first-order valence-corrected chi connectivity index (χ1v) is 16.3. The minimum absolute atomic E-state index is 0.183. The topological polar surface area (TPSA) is 144 Å². The van der Waals surface area contributed by atoms with Crippen LogP contribution in [0, 0.1) is 5.92 Å². The summed E-state index contributed by atoms with van der Waals surface area (Å²) >= 11 is 0. The van der Waals surface area contributed by atoms with Gasteiger partial charge in [0.15, 0.2) is 0 Å². The van der Waals surface area contributed by atoms with Crippen molar-refractivity contribution in [2.24, 2.45) is 5.92 Å². The first kappa shape index (κ1) is 35.3. The Morgan fingerprint density at radius 3 is 1.81 bits per heavy atom. The van der Waals surface area contributed by atoms with Crippen LogP contribution in [0.5, 0.6) is 0 Å². The Labute approximate surface area is 251 Å². The third-order valence-corrected chi connectivity index (χ3v) is 7.92. The van der Waals surface area contributed by atoms with E-state index in [0.29, 0.717) is 28.9 Å². The van der Waals surface area contributed by atoms with E-state index < -0.39 is 17.9 Å². The number of unbranched alkanes of at least 4 members (excludes halogenated alkanes) is 15. The third-order valence-electron chi connectivity index (χ3n) is 7.92. The van der Waals surface area contributed by atoms with Crippen molar-refractivity contribution < 1.29 is 19.5 Å². The molecule has 0 fully saturated rings. The van der Waals surface area contributed by atoms with Gasteiger partial charge in [-0.05, 0) is 37.6 Å². The molecule has 2 aromatic rings. The van der Waals surface area contributed by atoms with Gasteiger partial charge in [-0.2, -0.15) is 0 Å². The van der Waals surface area contributed by atoms with Gasteiger partial charge in [-0.1, -0.05) is 104 Å². The van der Waals surface area contributed by atoms with E-state index in [-0.39, 0.29) is 17.9 Å². The van der Waals surface area contributed by atoms with Crippen molar-refractivity contribution in [2.75, 3.05) is 11.9 Å². The van der Waals surface area contributed by atoms with Gasteiger partial charge in [0.25, 0.3) is 5.56 Å². The van der Waals surface area contributed by atoms with Gasteiger partial charge in [0.1, 0.15) is 5.78 Å². The molecule has 0 aliphatic rings. The van der Waals surface area contributed by atoms with E-state index in [9.17, 15) is 24.3 Å². The number of carbonyl (C=O) groups is 3. The van der Waals surface area contributed by atoms with Crippen LogP contribution < -0.4 is 16.2 Å². The maximum atomic E-state index is 12.7. The van der Waals surface area contributed by atoms with Crippen molar-refractivity contribution in [3.8, 4) is 0 Å². The number of anilines is 1. The zero-order valence-electron chi connectivity index (χ0n) is 25.9. The average Bonchev–Trinajstić information content (AvgIpc) is 3.32. The van der Waals surface area contributed by atoms with Crippen molar-refractivity contribution in [1.82, 2.24) is 15.5 Å². The molecule has 0 saturated carbocycles. The second-order valence-corrected chi connectivity index (χ2v) is 12.0. The van der Waals surface area contributed by atoms with Gasteiger partial charge in [0, 0.05) is 18.0 Å². The first-order valence-electron chi connectivity index (χ1n) is 16.3. The van der Waals surface area contributed by atoms with Crippen molar-refractivity contribution in [3.05, 3.63) is 28.6 Å². The first-order chi connectivity index (χ1) is 20.3. The molecule has 5 N–H and O–H groups in total. The van der Waals surface area contributed by atoms with Crippen LogP contribution in [0.3, 0.4) is 0 Å². The number of nitrogens with one attached hydrogen (secondary N) is 4. The van der Waals surface area contributed by atoms with E-state index in [2.05, 4.69) is 20.8 Å². The van der Waals surface area contributed by atoms with E-state index in [0.717, 1.165) is 32.1 Å². The third kappa shape index (κ3) is 14.8. The zero-order valence-corrected chi connectivity index (χ0v) is 25.9. The fraction of sp³-hybridized carbons (Fsp3) is 0.697. The molecule has 1 aromatic carbocycles. The normalized spacial score (nSPS) is 12.2.